The molecular formula is C23H24O3. The minimum absolute atomic E-state index is 0.661. The number of benzene rings is 2. The maximum Gasteiger partial charge on any atom is 0.177 e. The van der Waals surface area contributed by atoms with Gasteiger partial charge in [-0.3, -0.25) is 0 Å². The number of hydrogen-bond acceptors (Lipinski definition) is 3. The summed E-state index contributed by atoms with van der Waals surface area (Å²) in [5.41, 5.74) is 1.71. The largest absolute Gasteiger partial charge is 0.453 e. The van der Waals surface area contributed by atoms with Crippen LogP contribution in [0.5, 0.6) is 11.5 Å². The van der Waals surface area contributed by atoms with Gasteiger partial charge < -0.3 is 14.6 Å². The van der Waals surface area contributed by atoms with Crippen molar-refractivity contribution in [3.8, 4) is 22.6 Å². The monoisotopic (exact) mass is 348 g/mol. The second-order valence-electron chi connectivity index (χ2n) is 6.68. The van der Waals surface area contributed by atoms with Crippen molar-refractivity contribution in [3.05, 3.63) is 84.4 Å². The van der Waals surface area contributed by atoms with Crippen LogP contribution in [0.25, 0.3) is 11.1 Å². The first-order valence-electron chi connectivity index (χ1n) is 8.79. The highest BCUT2D eigenvalue weighted by atomic mass is 16.6. The normalized spacial score (nSPS) is 14.0. The Morgan fingerprint density at radius 3 is 2.46 bits per heavy atom. The molecule has 134 valence electrons. The van der Waals surface area contributed by atoms with Crippen LogP contribution in [0.4, 0.5) is 0 Å². The van der Waals surface area contributed by atoms with E-state index in [1.807, 2.05) is 61.5 Å². The van der Waals surface area contributed by atoms with Crippen LogP contribution in [0, 0.1) is 0 Å². The molecule has 1 aliphatic rings. The molecule has 0 atom stereocenters. The van der Waals surface area contributed by atoms with Crippen molar-refractivity contribution in [1.29, 1.82) is 0 Å². The first-order valence-corrected chi connectivity index (χ1v) is 8.79. The van der Waals surface area contributed by atoms with E-state index in [2.05, 4.69) is 6.58 Å². The highest BCUT2D eigenvalue weighted by Gasteiger charge is 2.26. The molecule has 0 bridgehead atoms. The minimum atomic E-state index is -0.962. The minimum Gasteiger partial charge on any atom is -0.453 e. The lowest BCUT2D eigenvalue weighted by Crippen LogP contribution is -2.17. The Balaban J connectivity index is 2.13. The maximum atomic E-state index is 10.6. The highest BCUT2D eigenvalue weighted by Crippen LogP contribution is 2.45. The summed E-state index contributed by atoms with van der Waals surface area (Å²) < 4.78 is 12.3. The number of para-hydroxylation sites is 1. The van der Waals surface area contributed by atoms with Gasteiger partial charge in [0, 0.05) is 12.0 Å². The third kappa shape index (κ3) is 3.44. The lowest BCUT2D eigenvalue weighted by molar-refractivity contribution is 0.0792. The van der Waals surface area contributed by atoms with Gasteiger partial charge in [-0.15, -0.1) is 0 Å². The standard InChI is InChI=1S/C23H24O3/c1-5-7-14-20-19(6-2)26-22-17(12-10-15-21(22)25-20)16-11-8-9-13-18(16)23(3,4)24/h5,7-15,24H,1,6H2,2-4H3/b14-7-. The van der Waals surface area contributed by atoms with Crippen LogP contribution in [0.2, 0.25) is 0 Å². The van der Waals surface area contributed by atoms with Gasteiger partial charge in [0.25, 0.3) is 0 Å². The molecular weight excluding hydrogens is 324 g/mol. The number of hydrogen-bond donors (Lipinski definition) is 1. The van der Waals surface area contributed by atoms with Crippen molar-refractivity contribution < 1.29 is 14.6 Å². The van der Waals surface area contributed by atoms with Gasteiger partial charge >= 0.3 is 0 Å². The lowest BCUT2D eigenvalue weighted by Gasteiger charge is -2.26. The molecule has 1 N–H and O–H groups in total. The Bertz CT molecular complexity index is 883. The second kappa shape index (κ2) is 7.22. The predicted molar refractivity (Wildman–Crippen MR) is 105 cm³/mol. The van der Waals surface area contributed by atoms with Crippen LogP contribution in [0.3, 0.4) is 0 Å². The molecule has 0 saturated heterocycles. The van der Waals surface area contributed by atoms with E-state index in [0.717, 1.165) is 22.4 Å². The lowest BCUT2D eigenvalue weighted by atomic mass is 9.89. The van der Waals surface area contributed by atoms with Crippen LogP contribution < -0.4 is 9.47 Å². The van der Waals surface area contributed by atoms with Gasteiger partial charge in [-0.2, -0.15) is 0 Å². The summed E-state index contributed by atoms with van der Waals surface area (Å²) in [5.74, 6) is 2.79. The summed E-state index contributed by atoms with van der Waals surface area (Å²) in [6, 6.07) is 13.6. The van der Waals surface area contributed by atoms with Gasteiger partial charge in [-0.25, -0.2) is 0 Å². The number of fused-ring (bicyclic) bond motifs is 1. The summed E-state index contributed by atoms with van der Waals surface area (Å²) in [4.78, 5) is 0. The van der Waals surface area contributed by atoms with Gasteiger partial charge in [-0.05, 0) is 37.1 Å². The summed E-state index contributed by atoms with van der Waals surface area (Å²) in [6.45, 7) is 9.30. The molecule has 3 nitrogen and oxygen atoms in total. The van der Waals surface area contributed by atoms with Crippen LogP contribution in [-0.4, -0.2) is 5.11 Å². The van der Waals surface area contributed by atoms with Crippen LogP contribution in [-0.2, 0) is 5.60 Å². The van der Waals surface area contributed by atoms with Crippen LogP contribution in [0.1, 0.15) is 32.8 Å². The summed E-state index contributed by atoms with van der Waals surface area (Å²) in [5, 5.41) is 10.6. The number of allylic oxidation sites excluding steroid dienone is 4. The smallest absolute Gasteiger partial charge is 0.177 e. The van der Waals surface area contributed by atoms with Crippen LogP contribution >= 0.6 is 0 Å². The number of ether oxygens (including phenoxy) is 2. The fourth-order valence-electron chi connectivity index (χ4n) is 3.04. The topological polar surface area (TPSA) is 38.7 Å². The molecule has 0 spiro atoms. The fourth-order valence-corrected chi connectivity index (χ4v) is 3.04. The molecule has 0 radical (unpaired) electrons. The molecule has 2 aromatic carbocycles. The molecule has 3 heteroatoms. The van der Waals surface area contributed by atoms with Gasteiger partial charge in [0.15, 0.2) is 17.3 Å². The van der Waals surface area contributed by atoms with E-state index in [4.69, 9.17) is 9.47 Å². The summed E-state index contributed by atoms with van der Waals surface area (Å²) >= 11 is 0. The second-order valence-corrected chi connectivity index (χ2v) is 6.68. The Hall–Kier alpha value is -2.78. The molecule has 2 aromatic rings. The molecule has 3 rings (SSSR count). The molecule has 0 aromatic heterocycles. The van der Waals surface area contributed by atoms with E-state index in [0.29, 0.717) is 23.7 Å². The third-order valence-electron chi connectivity index (χ3n) is 4.28. The maximum absolute atomic E-state index is 10.6. The SMILES string of the molecule is C=C/C=C\C1=C(CC)Oc2c(cccc2-c2ccccc2C(C)(C)O)O1. The Kier molecular flexibility index (Phi) is 5.01. The third-order valence-corrected chi connectivity index (χ3v) is 4.28. The van der Waals surface area contributed by atoms with E-state index in [9.17, 15) is 5.11 Å². The Morgan fingerprint density at radius 2 is 1.77 bits per heavy atom. The average Bonchev–Trinajstić information content (AvgIpc) is 2.64. The Labute approximate surface area is 154 Å². The molecule has 26 heavy (non-hydrogen) atoms. The summed E-state index contributed by atoms with van der Waals surface area (Å²) in [6.07, 6.45) is 6.09. The van der Waals surface area contributed by atoms with Crippen LogP contribution in [0.15, 0.2) is 78.8 Å². The van der Waals surface area contributed by atoms with E-state index < -0.39 is 5.60 Å². The number of aliphatic hydroxyl groups is 1. The number of rotatable bonds is 5. The van der Waals surface area contributed by atoms with E-state index >= 15 is 0 Å². The molecule has 0 saturated carbocycles. The van der Waals surface area contributed by atoms with E-state index in [1.165, 1.54) is 0 Å². The van der Waals surface area contributed by atoms with Crippen molar-refractivity contribution in [1.82, 2.24) is 0 Å². The fraction of sp³-hybridized carbons (Fsp3) is 0.217. The molecule has 0 amide bonds. The average molecular weight is 348 g/mol. The zero-order valence-corrected chi connectivity index (χ0v) is 15.5. The molecule has 1 aliphatic heterocycles. The molecule has 0 fully saturated rings. The molecule has 0 aliphatic carbocycles. The van der Waals surface area contributed by atoms with Crippen molar-refractivity contribution in [2.24, 2.45) is 0 Å². The molecule has 0 unspecified atom stereocenters. The van der Waals surface area contributed by atoms with Gasteiger partial charge in [0.2, 0.25) is 0 Å². The van der Waals surface area contributed by atoms with Gasteiger partial charge in [-0.1, -0.05) is 62.1 Å². The molecule has 1 heterocycles. The van der Waals surface area contributed by atoms with Gasteiger partial charge in [0.1, 0.15) is 5.76 Å². The first-order chi connectivity index (χ1) is 12.5. The Morgan fingerprint density at radius 1 is 1.04 bits per heavy atom. The predicted octanol–water partition coefficient (Wildman–Crippen LogP) is 5.72. The highest BCUT2D eigenvalue weighted by molar-refractivity contribution is 5.77. The zero-order chi connectivity index (χ0) is 18.7. The van der Waals surface area contributed by atoms with Crippen molar-refractivity contribution >= 4 is 0 Å². The zero-order valence-electron chi connectivity index (χ0n) is 15.5. The van der Waals surface area contributed by atoms with Crippen molar-refractivity contribution in [2.45, 2.75) is 32.8 Å². The van der Waals surface area contributed by atoms with Crippen molar-refractivity contribution in [2.75, 3.05) is 0 Å². The van der Waals surface area contributed by atoms with Crippen molar-refractivity contribution in [3.63, 3.8) is 0 Å². The quantitative estimate of drug-likeness (QED) is 0.703. The first kappa shape index (κ1) is 18.0. The summed E-state index contributed by atoms with van der Waals surface area (Å²) in [7, 11) is 0. The van der Waals surface area contributed by atoms with E-state index in [1.54, 1.807) is 19.9 Å². The van der Waals surface area contributed by atoms with E-state index in [-0.39, 0.29) is 0 Å². The van der Waals surface area contributed by atoms with Gasteiger partial charge in [0.05, 0.1) is 5.60 Å².